The van der Waals surface area contributed by atoms with Crippen LogP contribution in [0.15, 0.2) is 29.2 Å². The zero-order valence-electron chi connectivity index (χ0n) is 14.2. The van der Waals surface area contributed by atoms with Crippen LogP contribution in [0, 0.1) is 0 Å². The van der Waals surface area contributed by atoms with Gasteiger partial charge in [-0.3, -0.25) is 4.90 Å². The second-order valence-corrected chi connectivity index (χ2v) is 7.49. The summed E-state index contributed by atoms with van der Waals surface area (Å²) in [6.45, 7) is 12.0. The molecule has 0 heterocycles. The monoisotopic (exact) mass is 328 g/mol. The molecule has 0 aliphatic heterocycles. The van der Waals surface area contributed by atoms with Gasteiger partial charge in [0.25, 0.3) is 0 Å². The molecular weight excluding hydrogens is 300 g/mol. The largest absolute Gasteiger partial charge is 0.494 e. The van der Waals surface area contributed by atoms with Gasteiger partial charge in [0, 0.05) is 25.2 Å². The van der Waals surface area contributed by atoms with Crippen LogP contribution in [-0.4, -0.2) is 45.1 Å². The van der Waals surface area contributed by atoms with Crippen molar-refractivity contribution in [1.82, 2.24) is 9.62 Å². The molecule has 1 aromatic carbocycles. The topological polar surface area (TPSA) is 58.6 Å². The van der Waals surface area contributed by atoms with Crippen LogP contribution >= 0.6 is 0 Å². The van der Waals surface area contributed by atoms with Crippen LogP contribution in [0.2, 0.25) is 0 Å². The molecule has 0 radical (unpaired) electrons. The molecule has 0 amide bonds. The fourth-order valence-corrected chi connectivity index (χ4v) is 3.41. The van der Waals surface area contributed by atoms with E-state index in [1.807, 2.05) is 6.92 Å². The first kappa shape index (κ1) is 18.9. The predicted octanol–water partition coefficient (Wildman–Crippen LogP) is 2.48. The van der Waals surface area contributed by atoms with E-state index in [-0.39, 0.29) is 4.90 Å². The molecule has 22 heavy (non-hydrogen) atoms. The van der Waals surface area contributed by atoms with Crippen LogP contribution in [0.1, 0.15) is 34.6 Å². The minimum atomic E-state index is -3.47. The number of benzene rings is 1. The Balaban J connectivity index is 2.63. The summed E-state index contributed by atoms with van der Waals surface area (Å²) in [7, 11) is -3.47. The molecule has 0 unspecified atom stereocenters. The van der Waals surface area contributed by atoms with Crippen molar-refractivity contribution in [3.05, 3.63) is 24.3 Å². The van der Waals surface area contributed by atoms with Gasteiger partial charge in [0.15, 0.2) is 0 Å². The van der Waals surface area contributed by atoms with E-state index in [1.165, 1.54) is 0 Å². The zero-order valence-corrected chi connectivity index (χ0v) is 15.0. The molecule has 1 N–H and O–H groups in total. The van der Waals surface area contributed by atoms with E-state index in [1.54, 1.807) is 24.3 Å². The van der Waals surface area contributed by atoms with Gasteiger partial charge in [0.05, 0.1) is 11.5 Å². The summed E-state index contributed by atoms with van der Waals surface area (Å²) in [5.74, 6) is 0.673. The molecule has 0 aromatic heterocycles. The van der Waals surface area contributed by atoms with Crippen LogP contribution < -0.4 is 9.46 Å². The number of ether oxygens (including phenoxy) is 1. The lowest BCUT2D eigenvalue weighted by Crippen LogP contribution is -2.42. The van der Waals surface area contributed by atoms with Crippen LogP contribution in [0.3, 0.4) is 0 Å². The molecule has 1 rings (SSSR count). The van der Waals surface area contributed by atoms with Crippen molar-refractivity contribution in [2.75, 3.05) is 19.7 Å². The average Bonchev–Trinajstić information content (AvgIpc) is 2.43. The fourth-order valence-electron chi connectivity index (χ4n) is 2.39. The van der Waals surface area contributed by atoms with Crippen LogP contribution in [0.25, 0.3) is 0 Å². The van der Waals surface area contributed by atoms with E-state index in [4.69, 9.17) is 4.74 Å². The highest BCUT2D eigenvalue weighted by Gasteiger charge is 2.16. The molecule has 6 heteroatoms. The van der Waals surface area contributed by atoms with E-state index in [2.05, 4.69) is 37.3 Å². The van der Waals surface area contributed by atoms with Gasteiger partial charge in [-0.25, -0.2) is 13.1 Å². The highest BCUT2D eigenvalue weighted by molar-refractivity contribution is 7.89. The van der Waals surface area contributed by atoms with Gasteiger partial charge in [-0.2, -0.15) is 0 Å². The van der Waals surface area contributed by atoms with Crippen LogP contribution in [0.4, 0.5) is 0 Å². The highest BCUT2D eigenvalue weighted by Crippen LogP contribution is 2.15. The van der Waals surface area contributed by atoms with Crippen molar-refractivity contribution >= 4 is 10.0 Å². The second-order valence-electron chi connectivity index (χ2n) is 5.73. The van der Waals surface area contributed by atoms with E-state index in [0.717, 1.165) is 0 Å². The van der Waals surface area contributed by atoms with Crippen molar-refractivity contribution < 1.29 is 13.2 Å². The normalized spacial score (nSPS) is 12.4. The molecule has 0 aliphatic rings. The van der Waals surface area contributed by atoms with E-state index < -0.39 is 10.0 Å². The third-order valence-electron chi connectivity index (χ3n) is 3.43. The maximum absolute atomic E-state index is 12.3. The molecule has 0 saturated heterocycles. The van der Waals surface area contributed by atoms with Crippen LogP contribution in [0.5, 0.6) is 5.75 Å². The first-order valence-electron chi connectivity index (χ1n) is 7.76. The zero-order chi connectivity index (χ0) is 16.8. The standard InChI is InChI=1S/C16H28N2O3S/c1-6-21-15-7-9-16(10-8-15)22(19,20)17-11-12-18(13(2)3)14(4)5/h7-10,13-14,17H,6,11-12H2,1-5H3. The number of nitrogens with zero attached hydrogens (tertiary/aromatic N) is 1. The second kappa shape index (κ2) is 8.50. The third-order valence-corrected chi connectivity index (χ3v) is 4.91. The summed E-state index contributed by atoms with van der Waals surface area (Å²) in [5.41, 5.74) is 0. The Labute approximate surface area is 134 Å². The lowest BCUT2D eigenvalue weighted by atomic mass is 10.2. The average molecular weight is 328 g/mol. The number of hydrogen-bond donors (Lipinski definition) is 1. The molecule has 5 nitrogen and oxygen atoms in total. The van der Waals surface area contributed by atoms with Gasteiger partial charge in [0.2, 0.25) is 10.0 Å². The Bertz CT molecular complexity index is 531. The molecule has 126 valence electrons. The molecular formula is C16H28N2O3S. The van der Waals surface area contributed by atoms with Crippen molar-refractivity contribution in [3.63, 3.8) is 0 Å². The van der Waals surface area contributed by atoms with E-state index >= 15 is 0 Å². The predicted molar refractivity (Wildman–Crippen MR) is 89.8 cm³/mol. The highest BCUT2D eigenvalue weighted by atomic mass is 32.2. The lowest BCUT2D eigenvalue weighted by Gasteiger charge is -2.30. The lowest BCUT2D eigenvalue weighted by molar-refractivity contribution is 0.179. The van der Waals surface area contributed by atoms with E-state index in [0.29, 0.717) is 37.5 Å². The summed E-state index contributed by atoms with van der Waals surface area (Å²) >= 11 is 0. The smallest absolute Gasteiger partial charge is 0.240 e. The summed E-state index contributed by atoms with van der Waals surface area (Å²) < 4.78 is 32.5. The Morgan fingerprint density at radius 3 is 2.09 bits per heavy atom. The first-order valence-corrected chi connectivity index (χ1v) is 9.24. The number of sulfonamides is 1. The molecule has 0 aliphatic carbocycles. The van der Waals surface area contributed by atoms with Crippen molar-refractivity contribution in [2.24, 2.45) is 0 Å². The minimum absolute atomic E-state index is 0.261. The van der Waals surface area contributed by atoms with Gasteiger partial charge < -0.3 is 4.74 Å². The Morgan fingerprint density at radius 1 is 1.09 bits per heavy atom. The summed E-state index contributed by atoms with van der Waals surface area (Å²) in [6.07, 6.45) is 0. The number of nitrogens with one attached hydrogen (secondary N) is 1. The quantitative estimate of drug-likeness (QED) is 0.756. The van der Waals surface area contributed by atoms with Gasteiger partial charge in [0.1, 0.15) is 5.75 Å². The summed E-state index contributed by atoms with van der Waals surface area (Å²) in [6, 6.07) is 7.25. The van der Waals surface area contributed by atoms with Gasteiger partial charge in [-0.05, 0) is 58.9 Å². The Morgan fingerprint density at radius 2 is 1.64 bits per heavy atom. The Kier molecular flexibility index (Phi) is 7.32. The molecule has 0 fully saturated rings. The molecule has 0 atom stereocenters. The SMILES string of the molecule is CCOc1ccc(S(=O)(=O)NCCN(C(C)C)C(C)C)cc1. The molecule has 0 saturated carbocycles. The third kappa shape index (κ3) is 5.59. The first-order chi connectivity index (χ1) is 10.3. The van der Waals surface area contributed by atoms with Gasteiger partial charge >= 0.3 is 0 Å². The van der Waals surface area contributed by atoms with E-state index in [9.17, 15) is 8.42 Å². The van der Waals surface area contributed by atoms with Gasteiger partial charge in [-0.15, -0.1) is 0 Å². The minimum Gasteiger partial charge on any atom is -0.494 e. The number of hydrogen-bond acceptors (Lipinski definition) is 4. The summed E-state index contributed by atoms with van der Waals surface area (Å²) in [5, 5.41) is 0. The summed E-state index contributed by atoms with van der Waals surface area (Å²) in [4.78, 5) is 2.51. The van der Waals surface area contributed by atoms with Crippen molar-refractivity contribution in [2.45, 2.75) is 51.6 Å². The van der Waals surface area contributed by atoms with Crippen molar-refractivity contribution in [1.29, 1.82) is 0 Å². The molecule has 1 aromatic rings. The number of rotatable bonds is 9. The van der Waals surface area contributed by atoms with Gasteiger partial charge in [-0.1, -0.05) is 0 Å². The molecule has 0 bridgehead atoms. The maximum atomic E-state index is 12.3. The fraction of sp³-hybridized carbons (Fsp3) is 0.625. The van der Waals surface area contributed by atoms with Crippen molar-refractivity contribution in [3.8, 4) is 5.75 Å². The Hall–Kier alpha value is -1.11. The van der Waals surface area contributed by atoms with Crippen LogP contribution in [-0.2, 0) is 10.0 Å². The maximum Gasteiger partial charge on any atom is 0.240 e. The molecule has 0 spiro atoms.